The zero-order valence-electron chi connectivity index (χ0n) is 74.7. The molecule has 15 rings (SSSR count). The zero-order chi connectivity index (χ0) is 93.1. The molecule has 4 unspecified atom stereocenters. The van der Waals surface area contributed by atoms with Crippen molar-refractivity contribution >= 4 is 76.2 Å². The lowest BCUT2D eigenvalue weighted by Crippen LogP contribution is -2.38. The zero-order valence-corrected chi connectivity index (χ0v) is 76.5. The van der Waals surface area contributed by atoms with E-state index < -0.39 is 101 Å². The molecule has 692 valence electrons. The number of hydrogen-bond acceptors (Lipinski definition) is 24. The molecule has 0 spiro atoms. The first-order chi connectivity index (χ1) is 64.7. The van der Waals surface area contributed by atoms with Crippen molar-refractivity contribution in [2.75, 3.05) is 91.2 Å². The number of ether oxygens (including phenoxy) is 7. The Bertz CT molecular complexity index is 5920. The number of anilines is 2. The van der Waals surface area contributed by atoms with Gasteiger partial charge >= 0.3 is 26.5 Å². The van der Waals surface area contributed by atoms with E-state index in [2.05, 4.69) is 82.1 Å². The van der Waals surface area contributed by atoms with E-state index in [0.29, 0.717) is 34.6 Å². The van der Waals surface area contributed by atoms with Crippen LogP contribution in [0.5, 0.6) is 11.5 Å². The maximum absolute atomic E-state index is 14.3. The summed E-state index contributed by atoms with van der Waals surface area (Å²) in [6, 6.07) is 64.9. The summed E-state index contributed by atoms with van der Waals surface area (Å²) in [5.74, 6) is -0.760. The lowest BCUT2D eigenvalue weighted by atomic mass is 9.80. The van der Waals surface area contributed by atoms with Gasteiger partial charge in [-0.1, -0.05) is 164 Å². The molecule has 11 aromatic rings. The molecule has 0 saturated carbocycles. The third-order valence-corrected chi connectivity index (χ3v) is 26.8. The molecule has 0 bridgehead atoms. The molecule has 6 N–H and O–H groups in total. The number of carbonyl (C=O) groups is 5. The van der Waals surface area contributed by atoms with E-state index >= 15 is 0 Å². The summed E-state index contributed by atoms with van der Waals surface area (Å²) in [5.41, 5.74) is 9.11. The summed E-state index contributed by atoms with van der Waals surface area (Å²) in [4.78, 5) is 117. The van der Waals surface area contributed by atoms with Gasteiger partial charge in [-0.2, -0.15) is 9.97 Å². The highest BCUT2D eigenvalue weighted by Gasteiger charge is 2.47. The Hall–Kier alpha value is -12.8. The minimum absolute atomic E-state index is 0.00717. The predicted molar refractivity (Wildman–Crippen MR) is 500 cm³/mol. The second-order valence-electron chi connectivity index (χ2n) is 32.7. The number of imidazole rings is 1. The van der Waals surface area contributed by atoms with E-state index in [4.69, 9.17) is 72.7 Å². The van der Waals surface area contributed by atoms with Gasteiger partial charge in [-0.3, -0.25) is 38.6 Å². The van der Waals surface area contributed by atoms with E-state index in [1.54, 1.807) is 50.1 Å². The van der Waals surface area contributed by atoms with Crippen molar-refractivity contribution in [3.63, 3.8) is 0 Å². The largest absolute Gasteiger partial charge is 0.497 e. The van der Waals surface area contributed by atoms with Crippen LogP contribution in [0.4, 0.5) is 21.4 Å². The number of alkyl carbamates (subject to hydrolysis) is 1. The third kappa shape index (κ3) is 22.6. The molecule has 5 heterocycles. The Labute approximate surface area is 771 Å². The highest BCUT2D eigenvalue weighted by Crippen LogP contribution is 2.53. The van der Waals surface area contributed by atoms with Gasteiger partial charge in [0, 0.05) is 94.5 Å². The predicted octanol–water partition coefficient (Wildman–Crippen LogP) is 15.7. The third-order valence-electron chi connectivity index (χ3n) is 23.5. The lowest BCUT2D eigenvalue weighted by Gasteiger charge is -2.37. The van der Waals surface area contributed by atoms with Gasteiger partial charge in [0.25, 0.3) is 20.0 Å². The second-order valence-corrected chi connectivity index (χ2v) is 35.3. The van der Waals surface area contributed by atoms with Crippen LogP contribution in [0.1, 0.15) is 145 Å². The number of aromatic amines is 1. The number of H-pyrrole nitrogens is 1. The average molecular weight is 1850 g/mol. The lowest BCUT2D eigenvalue weighted by molar-refractivity contribution is -0.117. The first-order valence-corrected chi connectivity index (χ1v) is 46.3. The summed E-state index contributed by atoms with van der Waals surface area (Å²) < 4.78 is 83.1. The Morgan fingerprint density at radius 3 is 1.76 bits per heavy atom. The average Bonchev–Trinajstić information content (AvgIpc) is 1.74. The van der Waals surface area contributed by atoms with Crippen molar-refractivity contribution in [1.82, 2.24) is 49.3 Å². The molecule has 2 aliphatic carbocycles. The maximum atomic E-state index is 14.3. The molecule has 2 fully saturated rings. The highest BCUT2D eigenvalue weighted by molar-refractivity contribution is 7.44. The fourth-order valence-electron chi connectivity index (χ4n) is 17.0. The van der Waals surface area contributed by atoms with E-state index in [1.165, 1.54) is 34.3 Å². The van der Waals surface area contributed by atoms with Crippen molar-refractivity contribution in [1.29, 1.82) is 5.41 Å². The van der Waals surface area contributed by atoms with Gasteiger partial charge in [0.05, 0.1) is 52.6 Å². The summed E-state index contributed by atoms with van der Waals surface area (Å²) in [7, 11) is 0.368. The van der Waals surface area contributed by atoms with E-state index in [0.717, 1.165) is 55.6 Å². The van der Waals surface area contributed by atoms with Crippen molar-refractivity contribution in [2.24, 2.45) is 0 Å². The number of benzene rings is 8. The van der Waals surface area contributed by atoms with Gasteiger partial charge in [-0.25, -0.2) is 30.6 Å². The van der Waals surface area contributed by atoms with Crippen LogP contribution in [0.3, 0.4) is 0 Å². The number of nitrogens with one attached hydrogen (secondary N) is 6. The smallest absolute Gasteiger partial charge is 0.409 e. The molecule has 133 heavy (non-hydrogen) atoms. The summed E-state index contributed by atoms with van der Waals surface area (Å²) in [6.45, 7) is 15.9. The number of nitrogens with zero attached hydrogens (tertiary/aromatic N) is 8. The van der Waals surface area contributed by atoms with Crippen LogP contribution in [0, 0.1) is 12.0 Å². The fraction of sp³-hybridized carbons (Fsp3) is 0.347. The van der Waals surface area contributed by atoms with Crippen molar-refractivity contribution in [3.8, 4) is 33.8 Å². The quantitative estimate of drug-likeness (QED) is 0.00679. The number of methoxy groups -OCH3 is 2. The standard InChI is InChI=1S/C98H106N14O19P2/c1-62(2)112(63(3)4)132(125-52-21-47-99)130-81-54-88(110-51-46-85(105-95(110)117)104-86(113)32-20-50-109(6)97(119)123-58-80-77-30-18-14-26-73(77)74-27-15-19-31-78(74)80)129-84(81)60-127-133(126-53-49-100-5)131-82-55-89(128-83(82)59-124-98(66-22-10-9-11-23-66,67-37-41-69(120-7)42-38-67)68-39-43-70(121-8)44-40-68)111-61-103-90-91(111)107-94(108-93(90)116)106-87(114)45-48-101-92(115)65-35-33-64(34-36-65)56-102-96(118)122-57-79-75-28-16-12-24-71(75)72-25-13-17-29-76(72)79/h9-19,22-31,33-44,46-47,51,61-63,79-84,88-89,99H,20-21,32,45,48-50,52-60H2,1-4,6-8H3,(H,101,115)(H,102,118)(H,104,105,113,117)(H2,106,107,108,114,116)/t81?,82?,83-,84-,88-,89-,132?,133?/m1/s1. The van der Waals surface area contributed by atoms with Gasteiger partial charge in [-0.15, -0.1) is 0 Å². The normalized spacial score (nSPS) is 17.2. The SMILES string of the molecule is [C-]#[N+]CCOP(OC[C@H]1O[C@@H](n2ccc(NC(=O)CCCN(C)C(=O)OCC3c4ccccc4-c4ccccc43)nc2=O)CC1OP(OCCC=N)N(C(C)C)C(C)C)OC1C[C@H](n2cnc3c(=O)[nH]c(NC(=O)CCNC(=O)c4ccc(CNC(=O)OCC5c6ccccc6-c6ccccc65)cc4)nc32)O[C@@H]1COC(c1ccccc1)(c1ccc(OC)cc1)c1ccc(OC)cc1. The van der Waals surface area contributed by atoms with Gasteiger partial charge in [-0.05, 0) is 150 Å². The Kier molecular flexibility index (Phi) is 31.8. The van der Waals surface area contributed by atoms with Crippen LogP contribution < -0.4 is 42.0 Å². The number of aromatic nitrogens is 6. The highest BCUT2D eigenvalue weighted by atomic mass is 31.2. The molecule has 2 aliphatic heterocycles. The monoisotopic (exact) mass is 1840 g/mol. The van der Waals surface area contributed by atoms with E-state index in [-0.39, 0.29) is 145 Å². The number of carbonyl (C=O) groups excluding carboxylic acids is 5. The van der Waals surface area contributed by atoms with Crippen molar-refractivity contribution in [3.05, 3.63) is 301 Å². The molecule has 35 heteroatoms. The van der Waals surface area contributed by atoms with Crippen molar-refractivity contribution in [2.45, 2.75) is 139 Å². The molecular weight excluding hydrogens is 1740 g/mol. The van der Waals surface area contributed by atoms with Crippen LogP contribution >= 0.6 is 17.1 Å². The summed E-state index contributed by atoms with van der Waals surface area (Å²) >= 11 is 0. The molecule has 0 radical (unpaired) electrons. The Morgan fingerprint density at radius 2 is 1.18 bits per heavy atom. The van der Waals surface area contributed by atoms with Gasteiger partial charge in [0.15, 0.2) is 11.2 Å². The molecule has 8 aromatic carbocycles. The first kappa shape index (κ1) is 94.8. The Morgan fingerprint density at radius 1 is 0.624 bits per heavy atom. The minimum Gasteiger partial charge on any atom is -0.497 e. The van der Waals surface area contributed by atoms with Crippen LogP contribution in [-0.2, 0) is 68.0 Å². The number of hydrogen-bond donors (Lipinski definition) is 6. The van der Waals surface area contributed by atoms with Crippen LogP contribution in [0.2, 0.25) is 0 Å². The fourth-order valence-corrected chi connectivity index (χ4v) is 20.0. The first-order valence-electron chi connectivity index (χ1n) is 44.1. The molecule has 5 amide bonds. The molecule has 3 aromatic heterocycles. The minimum atomic E-state index is -2.52. The van der Waals surface area contributed by atoms with Gasteiger partial charge in [0.1, 0.15) is 67.4 Å². The van der Waals surface area contributed by atoms with Crippen LogP contribution in [0.15, 0.2) is 228 Å². The summed E-state index contributed by atoms with van der Waals surface area (Å²) in [5, 5.41) is 18.8. The molecule has 2 saturated heterocycles. The number of amides is 5. The Balaban J connectivity index is 0.642. The number of rotatable bonds is 43. The molecule has 4 aliphatic rings. The van der Waals surface area contributed by atoms with Gasteiger partial charge < -0.3 is 86.9 Å². The van der Waals surface area contributed by atoms with Gasteiger partial charge in [0.2, 0.25) is 24.3 Å². The van der Waals surface area contributed by atoms with E-state index in [1.807, 2.05) is 167 Å². The molecule has 33 nitrogen and oxygen atoms in total. The summed E-state index contributed by atoms with van der Waals surface area (Å²) in [6.07, 6.45) is -2.58. The van der Waals surface area contributed by atoms with Crippen LogP contribution in [0.25, 0.3) is 38.3 Å². The molecular formula is C98H106N14O19P2. The van der Waals surface area contributed by atoms with Crippen LogP contribution in [-0.4, -0.2) is 192 Å². The maximum Gasteiger partial charge on any atom is 0.409 e. The second kappa shape index (κ2) is 44.6. The number of fused-ring (bicyclic) bond motifs is 7. The van der Waals surface area contributed by atoms with Crippen molar-refractivity contribution < 1.29 is 79.7 Å². The van der Waals surface area contributed by atoms with E-state index in [9.17, 15) is 33.6 Å². The molecule has 8 atom stereocenters. The topological polar surface area (TPSA) is 377 Å².